The van der Waals surface area contributed by atoms with Gasteiger partial charge in [0.15, 0.2) is 0 Å². The lowest BCUT2D eigenvalue weighted by molar-refractivity contribution is -0.149. The molecule has 0 rings (SSSR count). The molecule has 4 nitrogen and oxygen atoms in total. The van der Waals surface area contributed by atoms with E-state index in [0.717, 1.165) is 25.7 Å². The van der Waals surface area contributed by atoms with Crippen molar-refractivity contribution in [2.45, 2.75) is 59.3 Å². The van der Waals surface area contributed by atoms with E-state index in [1.165, 1.54) is 0 Å². The van der Waals surface area contributed by atoms with Crippen LogP contribution in [0.1, 0.15) is 59.3 Å². The summed E-state index contributed by atoms with van der Waals surface area (Å²) in [6.45, 7) is 6.82. The molecule has 0 aromatic rings. The van der Waals surface area contributed by atoms with Gasteiger partial charge in [0.05, 0.1) is 19.1 Å². The van der Waals surface area contributed by atoms with Gasteiger partial charge in [0.25, 0.3) is 0 Å². The summed E-state index contributed by atoms with van der Waals surface area (Å²) >= 11 is 0. The van der Waals surface area contributed by atoms with E-state index in [0.29, 0.717) is 19.6 Å². The van der Waals surface area contributed by atoms with Crippen LogP contribution in [0.2, 0.25) is 0 Å². The van der Waals surface area contributed by atoms with Crippen molar-refractivity contribution in [2.24, 2.45) is 5.92 Å². The second kappa shape index (κ2) is 11.1. The number of carbonyl (C=O) groups is 2. The number of carbonyl (C=O) groups excluding carboxylic acids is 2. The van der Waals surface area contributed by atoms with Crippen molar-refractivity contribution in [3.63, 3.8) is 0 Å². The molecule has 0 aliphatic carbocycles. The summed E-state index contributed by atoms with van der Waals surface area (Å²) in [5.74, 6) is -0.679. The summed E-state index contributed by atoms with van der Waals surface area (Å²) in [4.78, 5) is 22.8. The number of ether oxygens (including phenoxy) is 2. The molecule has 0 aliphatic rings. The van der Waals surface area contributed by atoms with Crippen molar-refractivity contribution < 1.29 is 19.1 Å². The first kappa shape index (κ1) is 16.9. The minimum absolute atomic E-state index is 0.218. The van der Waals surface area contributed by atoms with Crippen LogP contribution in [0.15, 0.2) is 0 Å². The van der Waals surface area contributed by atoms with Crippen LogP contribution in [0, 0.1) is 5.92 Å². The largest absolute Gasteiger partial charge is 0.466 e. The van der Waals surface area contributed by atoms with E-state index in [2.05, 4.69) is 0 Å². The van der Waals surface area contributed by atoms with Crippen molar-refractivity contribution in [1.29, 1.82) is 0 Å². The molecule has 0 aromatic carbocycles. The Balaban J connectivity index is 3.64. The van der Waals surface area contributed by atoms with E-state index >= 15 is 0 Å². The van der Waals surface area contributed by atoms with E-state index in [1.807, 2.05) is 13.8 Å². The Hall–Kier alpha value is -1.06. The summed E-state index contributed by atoms with van der Waals surface area (Å²) in [6, 6.07) is 0. The quantitative estimate of drug-likeness (QED) is 0.446. The van der Waals surface area contributed by atoms with Gasteiger partial charge in [0.2, 0.25) is 0 Å². The predicted molar refractivity (Wildman–Crippen MR) is 70.1 cm³/mol. The topological polar surface area (TPSA) is 52.6 Å². The van der Waals surface area contributed by atoms with E-state index < -0.39 is 0 Å². The second-order valence-electron chi connectivity index (χ2n) is 4.53. The fraction of sp³-hybridized carbons (Fsp3) is 0.857. The standard InChI is InChI=1S/C14H26O4/c1-4-6-10-17-13(15)9-8-12(3)14(16)18-11-7-5-2/h12H,4-11H2,1-3H3. The Kier molecular flexibility index (Phi) is 10.4. The highest BCUT2D eigenvalue weighted by atomic mass is 16.5. The average molecular weight is 258 g/mol. The summed E-state index contributed by atoms with van der Waals surface area (Å²) in [5, 5.41) is 0. The molecule has 18 heavy (non-hydrogen) atoms. The minimum Gasteiger partial charge on any atom is -0.466 e. The molecule has 0 heterocycles. The Morgan fingerprint density at radius 2 is 1.56 bits per heavy atom. The van der Waals surface area contributed by atoms with Crippen molar-refractivity contribution in [3.8, 4) is 0 Å². The molecule has 0 amide bonds. The lowest BCUT2D eigenvalue weighted by atomic mass is 10.1. The van der Waals surface area contributed by atoms with Crippen LogP contribution in [0.4, 0.5) is 0 Å². The van der Waals surface area contributed by atoms with Gasteiger partial charge in [-0.1, -0.05) is 33.6 Å². The van der Waals surface area contributed by atoms with Crippen LogP contribution in [-0.4, -0.2) is 25.2 Å². The fourth-order valence-corrected chi connectivity index (χ4v) is 1.31. The maximum atomic E-state index is 11.5. The fourth-order valence-electron chi connectivity index (χ4n) is 1.31. The number of unbranched alkanes of at least 4 members (excludes halogenated alkanes) is 2. The number of hydrogen-bond acceptors (Lipinski definition) is 4. The van der Waals surface area contributed by atoms with E-state index in [4.69, 9.17) is 9.47 Å². The molecule has 0 fully saturated rings. The third kappa shape index (κ3) is 9.02. The first-order valence-corrected chi connectivity index (χ1v) is 6.94. The molecule has 0 saturated heterocycles. The van der Waals surface area contributed by atoms with E-state index in [1.54, 1.807) is 6.92 Å². The molecular weight excluding hydrogens is 232 g/mol. The maximum Gasteiger partial charge on any atom is 0.308 e. The molecule has 0 aliphatic heterocycles. The summed E-state index contributed by atoms with van der Waals surface area (Å²) in [7, 11) is 0. The van der Waals surface area contributed by atoms with Crippen LogP contribution in [-0.2, 0) is 19.1 Å². The number of hydrogen-bond donors (Lipinski definition) is 0. The third-order valence-corrected chi connectivity index (χ3v) is 2.69. The third-order valence-electron chi connectivity index (χ3n) is 2.69. The Labute approximate surface area is 110 Å². The van der Waals surface area contributed by atoms with Crippen LogP contribution in [0.5, 0.6) is 0 Å². The van der Waals surface area contributed by atoms with Crippen LogP contribution in [0.25, 0.3) is 0 Å². The number of esters is 2. The zero-order valence-electron chi connectivity index (χ0n) is 11.9. The Morgan fingerprint density at radius 1 is 1.00 bits per heavy atom. The highest BCUT2D eigenvalue weighted by molar-refractivity contribution is 5.74. The van der Waals surface area contributed by atoms with Crippen molar-refractivity contribution in [2.75, 3.05) is 13.2 Å². The minimum atomic E-state index is -0.236. The predicted octanol–water partition coefficient (Wildman–Crippen LogP) is 3.09. The van der Waals surface area contributed by atoms with Gasteiger partial charge >= 0.3 is 11.9 Å². The molecule has 0 saturated carbocycles. The Morgan fingerprint density at radius 3 is 2.11 bits per heavy atom. The van der Waals surface area contributed by atoms with Crippen LogP contribution in [0.3, 0.4) is 0 Å². The van der Waals surface area contributed by atoms with Crippen LogP contribution < -0.4 is 0 Å². The molecule has 4 heteroatoms. The van der Waals surface area contributed by atoms with Gasteiger partial charge in [-0.15, -0.1) is 0 Å². The zero-order chi connectivity index (χ0) is 13.8. The SMILES string of the molecule is CCCCOC(=O)CCC(C)C(=O)OCCCC. The summed E-state index contributed by atoms with van der Waals surface area (Å²) in [5.41, 5.74) is 0. The van der Waals surface area contributed by atoms with Crippen molar-refractivity contribution >= 4 is 11.9 Å². The Bertz CT molecular complexity index is 238. The van der Waals surface area contributed by atoms with Crippen molar-refractivity contribution in [1.82, 2.24) is 0 Å². The molecule has 0 aromatic heterocycles. The highest BCUT2D eigenvalue weighted by Gasteiger charge is 2.16. The second-order valence-corrected chi connectivity index (χ2v) is 4.53. The maximum absolute atomic E-state index is 11.5. The van der Waals surface area contributed by atoms with E-state index in [9.17, 15) is 9.59 Å². The zero-order valence-corrected chi connectivity index (χ0v) is 11.9. The molecular formula is C14H26O4. The highest BCUT2D eigenvalue weighted by Crippen LogP contribution is 2.09. The van der Waals surface area contributed by atoms with Gasteiger partial charge in [-0.25, -0.2) is 0 Å². The summed E-state index contributed by atoms with van der Waals surface area (Å²) < 4.78 is 10.1. The van der Waals surface area contributed by atoms with Gasteiger partial charge in [-0.05, 0) is 19.3 Å². The smallest absolute Gasteiger partial charge is 0.308 e. The first-order valence-electron chi connectivity index (χ1n) is 6.94. The number of rotatable bonds is 10. The van der Waals surface area contributed by atoms with Gasteiger partial charge in [-0.3, -0.25) is 9.59 Å². The molecule has 0 spiro atoms. The molecule has 0 bridgehead atoms. The normalized spacial score (nSPS) is 11.9. The van der Waals surface area contributed by atoms with E-state index in [-0.39, 0.29) is 24.3 Å². The molecule has 1 unspecified atom stereocenters. The molecule has 106 valence electrons. The first-order chi connectivity index (χ1) is 8.61. The van der Waals surface area contributed by atoms with Crippen LogP contribution >= 0.6 is 0 Å². The van der Waals surface area contributed by atoms with Crippen molar-refractivity contribution in [3.05, 3.63) is 0 Å². The monoisotopic (exact) mass is 258 g/mol. The lowest BCUT2D eigenvalue weighted by Crippen LogP contribution is -2.17. The summed E-state index contributed by atoms with van der Waals surface area (Å²) in [6.07, 6.45) is 4.57. The lowest BCUT2D eigenvalue weighted by Gasteiger charge is -2.10. The average Bonchev–Trinajstić information content (AvgIpc) is 2.36. The van der Waals surface area contributed by atoms with Gasteiger partial charge in [0.1, 0.15) is 0 Å². The van der Waals surface area contributed by atoms with Gasteiger partial charge < -0.3 is 9.47 Å². The molecule has 1 atom stereocenters. The van der Waals surface area contributed by atoms with Gasteiger partial charge in [-0.2, -0.15) is 0 Å². The molecule has 0 radical (unpaired) electrons. The molecule has 0 N–H and O–H groups in total. The van der Waals surface area contributed by atoms with Gasteiger partial charge in [0, 0.05) is 6.42 Å².